The van der Waals surface area contributed by atoms with Crippen molar-refractivity contribution in [2.75, 3.05) is 7.11 Å². The van der Waals surface area contributed by atoms with E-state index in [0.29, 0.717) is 0 Å². The summed E-state index contributed by atoms with van der Waals surface area (Å²) in [4.78, 5) is 11.4. The van der Waals surface area contributed by atoms with Gasteiger partial charge in [-0.3, -0.25) is 0 Å². The molecule has 0 saturated carbocycles. The first-order valence-electron chi connectivity index (χ1n) is 4.39. The second kappa shape index (κ2) is 4.74. The fourth-order valence-corrected chi connectivity index (χ4v) is 3.01. The molecule has 0 bridgehead atoms. The first-order valence-corrected chi connectivity index (χ1v) is 6.10. The van der Waals surface area contributed by atoms with Crippen LogP contribution in [0.15, 0.2) is 30.3 Å². The van der Waals surface area contributed by atoms with Crippen molar-refractivity contribution in [2.45, 2.75) is 18.3 Å². The molecule has 0 spiro atoms. The molecule has 0 aromatic heterocycles. The number of carbonyl (C=O) groups is 1. The van der Waals surface area contributed by atoms with Gasteiger partial charge < -0.3 is 0 Å². The third-order valence-corrected chi connectivity index (χ3v) is 4.92. The zero-order chi connectivity index (χ0) is 10.6. The Labute approximate surface area is 90.8 Å². The Kier molecular flexibility index (Phi) is 3.87. The number of ether oxygens (including phenoxy) is 1. The number of hydrogen-bond donors (Lipinski definition) is 0. The molecule has 1 rings (SSSR count). The van der Waals surface area contributed by atoms with E-state index in [1.54, 1.807) is 14.0 Å². The first-order chi connectivity index (χ1) is 6.58. The van der Waals surface area contributed by atoms with Gasteiger partial charge in [0.2, 0.25) is 0 Å². The van der Waals surface area contributed by atoms with Crippen molar-refractivity contribution in [3.8, 4) is 0 Å². The zero-order valence-electron chi connectivity index (χ0n) is 8.61. The molecule has 0 radical (unpaired) electrons. The van der Waals surface area contributed by atoms with E-state index >= 15 is 0 Å². The summed E-state index contributed by atoms with van der Waals surface area (Å²) in [5, 5.41) is 0. The maximum atomic E-state index is 11.4. The van der Waals surface area contributed by atoms with Crippen LogP contribution in [0.3, 0.4) is 0 Å². The standard InChI is InChI=1S/C11H14O2Se/c1-9(12)11(2,13-3)14-10-7-5-4-6-8-10/h4-8H,1-3H3. The summed E-state index contributed by atoms with van der Waals surface area (Å²) in [5.41, 5.74) is 0. The van der Waals surface area contributed by atoms with Crippen molar-refractivity contribution < 1.29 is 9.53 Å². The summed E-state index contributed by atoms with van der Waals surface area (Å²) < 4.78 is 5.83. The van der Waals surface area contributed by atoms with Crippen LogP contribution in [0.5, 0.6) is 0 Å². The van der Waals surface area contributed by atoms with Gasteiger partial charge in [-0.15, -0.1) is 0 Å². The van der Waals surface area contributed by atoms with Gasteiger partial charge in [-0.05, 0) is 0 Å². The Morgan fingerprint density at radius 1 is 1.36 bits per heavy atom. The van der Waals surface area contributed by atoms with E-state index in [0.717, 1.165) is 0 Å². The molecular weight excluding hydrogens is 243 g/mol. The molecule has 0 aliphatic rings. The Bertz CT molecular complexity index is 310. The number of benzene rings is 1. The molecule has 1 aromatic carbocycles. The summed E-state index contributed by atoms with van der Waals surface area (Å²) in [6.45, 7) is 3.43. The molecule has 0 fully saturated rings. The van der Waals surface area contributed by atoms with Crippen molar-refractivity contribution in [3.63, 3.8) is 0 Å². The number of Topliss-reactive ketones (excluding diaryl/α,β-unsaturated/α-hetero) is 1. The van der Waals surface area contributed by atoms with Crippen LogP contribution in [0.1, 0.15) is 13.8 Å². The molecule has 0 aliphatic heterocycles. The molecule has 0 amide bonds. The summed E-state index contributed by atoms with van der Waals surface area (Å²) in [6, 6.07) is 9.98. The third-order valence-electron chi connectivity index (χ3n) is 2.08. The van der Waals surface area contributed by atoms with Crippen molar-refractivity contribution in [1.82, 2.24) is 0 Å². The van der Waals surface area contributed by atoms with Crippen molar-refractivity contribution in [1.29, 1.82) is 0 Å². The Balaban J connectivity index is 2.81. The number of hydrogen-bond acceptors (Lipinski definition) is 2. The average molecular weight is 257 g/mol. The first kappa shape index (κ1) is 11.4. The molecular formula is C11H14O2Se. The van der Waals surface area contributed by atoms with Crippen molar-refractivity contribution in [3.05, 3.63) is 30.3 Å². The second-order valence-electron chi connectivity index (χ2n) is 3.12. The van der Waals surface area contributed by atoms with Gasteiger partial charge >= 0.3 is 90.5 Å². The van der Waals surface area contributed by atoms with E-state index in [2.05, 4.69) is 0 Å². The monoisotopic (exact) mass is 258 g/mol. The molecule has 76 valence electrons. The molecule has 0 saturated heterocycles. The maximum absolute atomic E-state index is 11.4. The SMILES string of the molecule is COC(C)([Se]c1ccccc1)C(C)=O. The average Bonchev–Trinajstić information content (AvgIpc) is 2.19. The molecule has 2 nitrogen and oxygen atoms in total. The molecule has 3 heteroatoms. The van der Waals surface area contributed by atoms with Gasteiger partial charge in [0.25, 0.3) is 0 Å². The fourth-order valence-electron chi connectivity index (χ4n) is 0.971. The van der Waals surface area contributed by atoms with Gasteiger partial charge in [0.15, 0.2) is 0 Å². The third kappa shape index (κ3) is 2.68. The minimum absolute atomic E-state index is 0.0227. The molecule has 0 N–H and O–H groups in total. The predicted molar refractivity (Wildman–Crippen MR) is 57.9 cm³/mol. The van der Waals surface area contributed by atoms with Gasteiger partial charge in [-0.1, -0.05) is 0 Å². The van der Waals surface area contributed by atoms with Gasteiger partial charge in [0, 0.05) is 0 Å². The van der Waals surface area contributed by atoms with Crippen LogP contribution in [0.2, 0.25) is 0 Å². The quantitative estimate of drug-likeness (QED) is 0.751. The zero-order valence-corrected chi connectivity index (χ0v) is 10.3. The van der Waals surface area contributed by atoms with Crippen LogP contribution in [0.25, 0.3) is 0 Å². The fraction of sp³-hybridized carbons (Fsp3) is 0.364. The van der Waals surface area contributed by atoms with Crippen LogP contribution < -0.4 is 4.46 Å². The van der Waals surface area contributed by atoms with Gasteiger partial charge in [-0.25, -0.2) is 0 Å². The van der Waals surface area contributed by atoms with Crippen LogP contribution in [0.4, 0.5) is 0 Å². The predicted octanol–water partition coefficient (Wildman–Crippen LogP) is 0.968. The Morgan fingerprint density at radius 2 is 1.93 bits per heavy atom. The summed E-state index contributed by atoms with van der Waals surface area (Å²) in [5.74, 6) is 0.0869. The van der Waals surface area contributed by atoms with Gasteiger partial charge in [0.1, 0.15) is 0 Å². The topological polar surface area (TPSA) is 26.3 Å². The minimum atomic E-state index is -0.631. The van der Waals surface area contributed by atoms with E-state index in [4.69, 9.17) is 4.74 Å². The summed E-state index contributed by atoms with van der Waals surface area (Å²) in [6.07, 6.45) is 0. The number of ketones is 1. The van der Waals surface area contributed by atoms with Crippen molar-refractivity contribution >= 4 is 25.2 Å². The molecule has 1 unspecified atom stereocenters. The van der Waals surface area contributed by atoms with E-state index in [9.17, 15) is 4.79 Å². The normalized spacial score (nSPS) is 14.8. The Morgan fingerprint density at radius 3 is 2.36 bits per heavy atom. The van der Waals surface area contributed by atoms with E-state index < -0.39 is 4.50 Å². The van der Waals surface area contributed by atoms with Crippen LogP contribution >= 0.6 is 0 Å². The summed E-state index contributed by atoms with van der Waals surface area (Å²) >= 11 is 0.0227. The van der Waals surface area contributed by atoms with Crippen LogP contribution in [-0.4, -0.2) is 32.3 Å². The number of methoxy groups -OCH3 is 1. The molecule has 1 aromatic rings. The van der Waals surface area contributed by atoms with Gasteiger partial charge in [0.05, 0.1) is 0 Å². The number of carbonyl (C=O) groups excluding carboxylic acids is 1. The Hall–Kier alpha value is -0.631. The summed E-state index contributed by atoms with van der Waals surface area (Å²) in [7, 11) is 1.59. The molecule has 0 heterocycles. The molecule has 1 atom stereocenters. The molecule has 0 aliphatic carbocycles. The number of rotatable bonds is 4. The van der Waals surface area contributed by atoms with Crippen LogP contribution in [-0.2, 0) is 9.53 Å². The van der Waals surface area contributed by atoms with Crippen molar-refractivity contribution in [2.24, 2.45) is 0 Å². The molecule has 14 heavy (non-hydrogen) atoms. The van der Waals surface area contributed by atoms with Crippen LogP contribution in [0, 0.1) is 0 Å². The van der Waals surface area contributed by atoms with E-state index in [-0.39, 0.29) is 20.7 Å². The second-order valence-corrected chi connectivity index (χ2v) is 6.17. The van der Waals surface area contributed by atoms with Gasteiger partial charge in [-0.2, -0.15) is 0 Å². The van der Waals surface area contributed by atoms with E-state index in [1.165, 1.54) is 4.46 Å². The van der Waals surface area contributed by atoms with E-state index in [1.807, 2.05) is 37.3 Å².